The molecule has 0 unspecified atom stereocenters. The van der Waals surface area contributed by atoms with E-state index in [0.717, 1.165) is 0 Å². The Labute approximate surface area is 162 Å². The lowest BCUT2D eigenvalue weighted by Gasteiger charge is -2.55. The fourth-order valence-electron chi connectivity index (χ4n) is 7.04. The van der Waals surface area contributed by atoms with Crippen LogP contribution in [0.25, 0.3) is 0 Å². The van der Waals surface area contributed by atoms with Crippen LogP contribution in [0.1, 0.15) is 65.7 Å². The van der Waals surface area contributed by atoms with Crippen LogP contribution in [-0.4, -0.2) is 25.8 Å². The highest BCUT2D eigenvalue weighted by molar-refractivity contribution is 6.21. The van der Waals surface area contributed by atoms with E-state index >= 15 is 0 Å². The van der Waals surface area contributed by atoms with Crippen LogP contribution in [0.3, 0.4) is 0 Å². The fraction of sp³-hybridized carbons (Fsp3) is 0.739. The predicted octanol–water partition coefficient (Wildman–Crippen LogP) is 4.59. The largest absolute Gasteiger partial charge is 0.493 e. The maximum Gasteiger partial charge on any atom is 0.227 e. The molecule has 0 N–H and O–H groups in total. The van der Waals surface area contributed by atoms with Gasteiger partial charge in [0.05, 0.1) is 19.8 Å². The summed E-state index contributed by atoms with van der Waals surface area (Å²) in [6, 6.07) is 0. The van der Waals surface area contributed by atoms with Crippen LogP contribution in [-0.2, 0) is 19.1 Å². The van der Waals surface area contributed by atoms with Crippen molar-refractivity contribution >= 4 is 11.6 Å². The minimum absolute atomic E-state index is 0.00166. The molecule has 5 atom stereocenters. The van der Waals surface area contributed by atoms with Crippen molar-refractivity contribution in [2.75, 3.05) is 14.2 Å². The molecular formula is C23H32O4. The third-order valence-corrected chi connectivity index (χ3v) is 8.86. The zero-order valence-corrected chi connectivity index (χ0v) is 17.3. The summed E-state index contributed by atoms with van der Waals surface area (Å²) < 4.78 is 10.6. The Bertz CT molecular complexity index is 762. The van der Waals surface area contributed by atoms with Crippen molar-refractivity contribution in [3.63, 3.8) is 0 Å². The monoisotopic (exact) mass is 372 g/mol. The lowest BCUT2D eigenvalue weighted by atomic mass is 9.50. The van der Waals surface area contributed by atoms with Crippen molar-refractivity contribution in [1.82, 2.24) is 0 Å². The Hall–Kier alpha value is -1.58. The number of allylic oxidation sites excluding steroid dienone is 2. The molecule has 0 aliphatic heterocycles. The van der Waals surface area contributed by atoms with Gasteiger partial charge in [0.2, 0.25) is 11.6 Å². The Morgan fingerprint density at radius 1 is 1.11 bits per heavy atom. The standard InChI is InChI=1S/C23H32O4/c1-14-8-10-23-13-21(23,2)9-6-7-18(23)22(14,3)12-15-19(25)17(26-4)11-16(24)20(15)27-5/h11,14,18H,6-10,12-13H2,1-5H3/t14-,18+,21+,22-,23+/m1/s1. The zero-order chi connectivity index (χ0) is 19.6. The molecule has 0 aromatic rings. The minimum atomic E-state index is -0.259. The van der Waals surface area contributed by atoms with Crippen molar-refractivity contribution in [3.8, 4) is 0 Å². The summed E-state index contributed by atoms with van der Waals surface area (Å²) in [7, 11) is 2.93. The number of hydrogen-bond acceptors (Lipinski definition) is 4. The number of rotatable bonds is 4. The number of hydrogen-bond donors (Lipinski definition) is 0. The molecule has 4 nitrogen and oxygen atoms in total. The quantitative estimate of drug-likeness (QED) is 0.677. The lowest BCUT2D eigenvalue weighted by Crippen LogP contribution is -2.48. The predicted molar refractivity (Wildman–Crippen MR) is 103 cm³/mol. The first-order valence-electron chi connectivity index (χ1n) is 10.3. The second-order valence-corrected chi connectivity index (χ2v) is 9.88. The molecule has 4 heteroatoms. The number of carbonyl (C=O) groups excluding carboxylic acids is 2. The average molecular weight is 373 g/mol. The van der Waals surface area contributed by atoms with Gasteiger partial charge < -0.3 is 9.47 Å². The molecule has 27 heavy (non-hydrogen) atoms. The Kier molecular flexibility index (Phi) is 4.14. The molecule has 3 fully saturated rings. The molecule has 0 saturated heterocycles. The summed E-state index contributed by atoms with van der Waals surface area (Å²) >= 11 is 0. The van der Waals surface area contributed by atoms with Gasteiger partial charge in [0.1, 0.15) is 0 Å². The SMILES string of the molecule is COC1=CC(=O)C(OC)=C(C[C@]2(C)[C@H](C)CC[C@@]34C[C@]3(C)CCC[C@@H]24)C1=O. The van der Waals surface area contributed by atoms with Gasteiger partial charge in [-0.05, 0) is 66.6 Å². The Morgan fingerprint density at radius 2 is 1.85 bits per heavy atom. The second kappa shape index (κ2) is 5.96. The molecule has 4 aliphatic carbocycles. The first-order chi connectivity index (χ1) is 12.7. The molecule has 148 valence electrons. The third kappa shape index (κ3) is 2.41. The van der Waals surface area contributed by atoms with Crippen molar-refractivity contribution in [2.24, 2.45) is 28.1 Å². The molecule has 0 radical (unpaired) electrons. The summed E-state index contributed by atoms with van der Waals surface area (Å²) in [4.78, 5) is 25.5. The first-order valence-corrected chi connectivity index (χ1v) is 10.3. The lowest BCUT2D eigenvalue weighted by molar-refractivity contribution is -0.121. The van der Waals surface area contributed by atoms with Crippen LogP contribution in [0.2, 0.25) is 0 Å². The molecule has 4 rings (SSSR count). The molecule has 4 aliphatic rings. The normalized spacial score (nSPS) is 43.7. The van der Waals surface area contributed by atoms with Gasteiger partial charge in [0, 0.05) is 6.08 Å². The maximum atomic E-state index is 13.0. The zero-order valence-electron chi connectivity index (χ0n) is 17.3. The smallest absolute Gasteiger partial charge is 0.227 e. The van der Waals surface area contributed by atoms with Crippen LogP contribution in [0.15, 0.2) is 23.2 Å². The topological polar surface area (TPSA) is 52.6 Å². The molecule has 0 aromatic heterocycles. The van der Waals surface area contributed by atoms with Gasteiger partial charge >= 0.3 is 0 Å². The van der Waals surface area contributed by atoms with Crippen LogP contribution >= 0.6 is 0 Å². The summed E-state index contributed by atoms with van der Waals surface area (Å²) in [5.74, 6) is 1.03. The van der Waals surface area contributed by atoms with Gasteiger partial charge in [0.25, 0.3) is 0 Å². The summed E-state index contributed by atoms with van der Waals surface area (Å²) in [6.07, 6.45) is 9.57. The number of ether oxygens (including phenoxy) is 2. The van der Waals surface area contributed by atoms with Gasteiger partial charge in [-0.2, -0.15) is 0 Å². The van der Waals surface area contributed by atoms with Gasteiger partial charge in [-0.25, -0.2) is 0 Å². The van der Waals surface area contributed by atoms with E-state index in [4.69, 9.17) is 9.47 Å². The van der Waals surface area contributed by atoms with Gasteiger partial charge in [-0.15, -0.1) is 0 Å². The van der Waals surface area contributed by atoms with Crippen LogP contribution in [0.5, 0.6) is 0 Å². The molecule has 1 spiro atoms. The van der Waals surface area contributed by atoms with E-state index in [1.54, 1.807) is 0 Å². The molecule has 0 aromatic carbocycles. The van der Waals surface area contributed by atoms with E-state index in [2.05, 4.69) is 20.8 Å². The van der Waals surface area contributed by atoms with E-state index in [-0.39, 0.29) is 28.5 Å². The molecule has 0 amide bonds. The fourth-order valence-corrected chi connectivity index (χ4v) is 7.04. The van der Waals surface area contributed by atoms with Crippen LogP contribution in [0.4, 0.5) is 0 Å². The minimum Gasteiger partial charge on any atom is -0.493 e. The van der Waals surface area contributed by atoms with Crippen LogP contribution < -0.4 is 0 Å². The Morgan fingerprint density at radius 3 is 2.52 bits per heavy atom. The highest BCUT2D eigenvalue weighted by atomic mass is 16.5. The van der Waals surface area contributed by atoms with E-state index in [1.807, 2.05) is 0 Å². The highest BCUT2D eigenvalue weighted by Crippen LogP contribution is 2.80. The number of Topliss-reactive ketones (excluding diaryl/α,β-unsaturated/α-hetero) is 1. The highest BCUT2D eigenvalue weighted by Gasteiger charge is 2.72. The molecule has 3 saturated carbocycles. The van der Waals surface area contributed by atoms with Crippen molar-refractivity contribution in [2.45, 2.75) is 65.7 Å². The van der Waals surface area contributed by atoms with Crippen molar-refractivity contribution in [1.29, 1.82) is 0 Å². The maximum absolute atomic E-state index is 13.0. The molecule has 0 heterocycles. The number of ketones is 2. The molecule has 0 bridgehead atoms. The Balaban J connectivity index is 1.73. The van der Waals surface area contributed by atoms with E-state index in [1.165, 1.54) is 58.8 Å². The van der Waals surface area contributed by atoms with E-state index < -0.39 is 0 Å². The third-order valence-electron chi connectivity index (χ3n) is 8.86. The number of carbonyl (C=O) groups is 2. The van der Waals surface area contributed by atoms with Crippen molar-refractivity contribution < 1.29 is 19.1 Å². The number of methoxy groups -OCH3 is 2. The van der Waals surface area contributed by atoms with Gasteiger partial charge in [0.15, 0.2) is 11.5 Å². The summed E-state index contributed by atoms with van der Waals surface area (Å²) in [5.41, 5.74) is 1.45. The van der Waals surface area contributed by atoms with Gasteiger partial charge in [-0.3, -0.25) is 9.59 Å². The summed E-state index contributed by atoms with van der Waals surface area (Å²) in [5, 5.41) is 0. The second-order valence-electron chi connectivity index (χ2n) is 9.88. The average Bonchev–Trinajstić information content (AvgIpc) is 3.26. The summed E-state index contributed by atoms with van der Waals surface area (Å²) in [6.45, 7) is 7.16. The van der Waals surface area contributed by atoms with Crippen molar-refractivity contribution in [3.05, 3.63) is 23.2 Å². The van der Waals surface area contributed by atoms with E-state index in [0.29, 0.717) is 34.7 Å². The molecular weight excluding hydrogens is 340 g/mol. The first kappa shape index (κ1) is 18.8. The van der Waals surface area contributed by atoms with Crippen LogP contribution in [0, 0.1) is 28.1 Å². The van der Waals surface area contributed by atoms with Gasteiger partial charge in [-0.1, -0.05) is 27.2 Å². The van der Waals surface area contributed by atoms with E-state index in [9.17, 15) is 9.59 Å².